The molecule has 0 saturated carbocycles. The second-order valence-electron chi connectivity index (χ2n) is 14.0. The van der Waals surface area contributed by atoms with Crippen molar-refractivity contribution in [3.63, 3.8) is 0 Å². The molecule has 5 atom stereocenters. The van der Waals surface area contributed by atoms with Gasteiger partial charge in [-0.2, -0.15) is 0 Å². The van der Waals surface area contributed by atoms with Crippen LogP contribution in [0.4, 0.5) is 0 Å². The molecule has 53 heavy (non-hydrogen) atoms. The maximum absolute atomic E-state index is 14.6. The van der Waals surface area contributed by atoms with Crippen molar-refractivity contribution in [2.45, 2.75) is 90.1 Å². The van der Waals surface area contributed by atoms with Gasteiger partial charge in [0, 0.05) is 12.5 Å². The Labute approximate surface area is 312 Å². The minimum absolute atomic E-state index is 0.0220. The van der Waals surface area contributed by atoms with E-state index in [9.17, 15) is 29.1 Å². The average molecular weight is 731 g/mol. The molecule has 0 heterocycles. The minimum atomic E-state index is -1.41. The highest BCUT2D eigenvalue weighted by molar-refractivity contribution is 6.04. The molecule has 3 aromatic carbocycles. The van der Waals surface area contributed by atoms with Crippen molar-refractivity contribution in [3.8, 4) is 5.75 Å². The number of carbonyl (C=O) groups is 5. The number of benzene rings is 3. The highest BCUT2D eigenvalue weighted by Gasteiger charge is 2.41. The quantitative estimate of drug-likeness (QED) is 0.127. The van der Waals surface area contributed by atoms with Gasteiger partial charge in [0.2, 0.25) is 11.8 Å². The molecule has 3 aromatic rings. The number of ether oxygens (including phenoxy) is 2. The number of nitrogens with two attached hydrogens (primary N) is 1. The Hall–Kier alpha value is -5.07. The number of esters is 1. The number of aliphatic hydroxyl groups is 1. The summed E-state index contributed by atoms with van der Waals surface area (Å²) in [4.78, 5) is 70.2. The Balaban J connectivity index is 1.98. The molecule has 0 spiro atoms. The Morgan fingerprint density at radius 2 is 1.26 bits per heavy atom. The van der Waals surface area contributed by atoms with Crippen molar-refractivity contribution < 1.29 is 38.6 Å². The first-order chi connectivity index (χ1) is 25.3. The Morgan fingerprint density at radius 3 is 1.79 bits per heavy atom. The molecule has 0 saturated heterocycles. The lowest BCUT2D eigenvalue weighted by molar-refractivity contribution is -0.156. The molecule has 286 valence electrons. The molecule has 12 nitrogen and oxygen atoms in total. The number of hydrogen-bond acceptors (Lipinski definition) is 9. The largest absolute Gasteiger partial charge is 0.484 e. The number of rotatable bonds is 20. The number of nitrogens with zero attached hydrogens (tertiary/aromatic N) is 1. The number of carbonyl (C=O) groups excluding carboxylic acids is 5. The molecule has 0 aliphatic carbocycles. The first-order valence-electron chi connectivity index (χ1n) is 18.0. The third-order valence-electron chi connectivity index (χ3n) is 8.55. The van der Waals surface area contributed by atoms with Crippen LogP contribution < -0.4 is 21.1 Å². The number of methoxy groups -OCH3 is 1. The van der Waals surface area contributed by atoms with E-state index in [0.717, 1.165) is 16.0 Å². The highest BCUT2D eigenvalue weighted by atomic mass is 16.5. The molecule has 0 aromatic heterocycles. The fraction of sp³-hybridized carbons (Fsp3) is 0.439. The predicted molar refractivity (Wildman–Crippen MR) is 201 cm³/mol. The van der Waals surface area contributed by atoms with Crippen LogP contribution in [0.1, 0.15) is 58.1 Å². The predicted octanol–water partition coefficient (Wildman–Crippen LogP) is 3.59. The SMILES string of the molecule is COC(=O)[C@H](Cc1ccccc1)NC(=O)[C@H](CC(C)C)N(C(=O)C[C@H](O)[C@@H](N)Cc1ccccc1)C(=O)[C@H](CC(C)C)NC(=O)COc1ccccc1. The molecule has 5 N–H and O–H groups in total. The first kappa shape index (κ1) is 42.3. The van der Waals surface area contributed by atoms with Crippen molar-refractivity contribution in [2.24, 2.45) is 17.6 Å². The summed E-state index contributed by atoms with van der Waals surface area (Å²) in [6.45, 7) is 6.97. The molecular weight excluding hydrogens is 676 g/mol. The maximum Gasteiger partial charge on any atom is 0.328 e. The Bertz CT molecular complexity index is 1600. The van der Waals surface area contributed by atoms with Gasteiger partial charge in [-0.05, 0) is 54.4 Å². The van der Waals surface area contributed by atoms with Crippen LogP contribution in [0.3, 0.4) is 0 Å². The first-order valence-corrected chi connectivity index (χ1v) is 18.0. The molecule has 0 unspecified atom stereocenters. The van der Waals surface area contributed by atoms with E-state index in [4.69, 9.17) is 15.2 Å². The smallest absolute Gasteiger partial charge is 0.328 e. The molecular formula is C41H54N4O8. The van der Waals surface area contributed by atoms with Crippen LogP contribution >= 0.6 is 0 Å². The third kappa shape index (κ3) is 14.1. The fourth-order valence-corrected chi connectivity index (χ4v) is 5.89. The van der Waals surface area contributed by atoms with E-state index in [0.29, 0.717) is 5.75 Å². The van der Waals surface area contributed by atoms with Crippen molar-refractivity contribution in [3.05, 3.63) is 102 Å². The van der Waals surface area contributed by atoms with Crippen molar-refractivity contribution in [2.75, 3.05) is 13.7 Å². The number of imide groups is 1. The lowest BCUT2D eigenvalue weighted by Crippen LogP contribution is -2.60. The lowest BCUT2D eigenvalue weighted by atomic mass is 9.95. The average Bonchev–Trinajstić information content (AvgIpc) is 3.13. The molecule has 0 aliphatic rings. The van der Waals surface area contributed by atoms with E-state index in [1.54, 1.807) is 54.6 Å². The van der Waals surface area contributed by atoms with Crippen LogP contribution in [-0.2, 0) is 41.6 Å². The molecule has 3 rings (SSSR count). The Kier molecular flexibility index (Phi) is 17.1. The second-order valence-corrected chi connectivity index (χ2v) is 14.0. The molecule has 4 amide bonds. The summed E-state index contributed by atoms with van der Waals surface area (Å²) < 4.78 is 10.6. The summed E-state index contributed by atoms with van der Waals surface area (Å²) in [5.41, 5.74) is 7.94. The number of nitrogens with one attached hydrogen (secondary N) is 2. The maximum atomic E-state index is 14.6. The standard InChI is InChI=1S/C41H54N4O8/c1-27(2)21-33(43-37(47)26-53-31-19-13-8-14-20-31)40(50)45(38(48)25-36(46)32(42)23-29-15-9-6-10-16-29)35(22-28(3)4)39(49)44-34(41(51)52-5)24-30-17-11-7-12-18-30/h6-20,27-28,32-36,46H,21-26,42H2,1-5H3,(H,43,47)(H,44,49)/t32-,33-,34-,35-,36-/m0/s1. The molecule has 0 radical (unpaired) electrons. The van der Waals surface area contributed by atoms with Gasteiger partial charge in [0.05, 0.1) is 19.6 Å². The minimum Gasteiger partial charge on any atom is -0.484 e. The number of amides is 4. The fourth-order valence-electron chi connectivity index (χ4n) is 5.89. The topological polar surface area (TPSA) is 177 Å². The summed E-state index contributed by atoms with van der Waals surface area (Å²) in [6, 6.07) is 22.3. The van der Waals surface area contributed by atoms with Crippen LogP contribution in [0.5, 0.6) is 5.75 Å². The van der Waals surface area contributed by atoms with Crippen molar-refractivity contribution in [1.82, 2.24) is 15.5 Å². The van der Waals surface area contributed by atoms with Crippen LogP contribution in [0, 0.1) is 11.8 Å². The van der Waals surface area contributed by atoms with Crippen LogP contribution in [0.25, 0.3) is 0 Å². The van der Waals surface area contributed by atoms with E-state index in [2.05, 4.69) is 10.6 Å². The van der Waals surface area contributed by atoms with E-state index >= 15 is 0 Å². The summed E-state index contributed by atoms with van der Waals surface area (Å²) in [7, 11) is 1.21. The van der Waals surface area contributed by atoms with Crippen molar-refractivity contribution >= 4 is 29.6 Å². The second kappa shape index (κ2) is 21.5. The van der Waals surface area contributed by atoms with Crippen molar-refractivity contribution in [1.29, 1.82) is 0 Å². The van der Waals surface area contributed by atoms with Gasteiger partial charge in [-0.1, -0.05) is 107 Å². The molecule has 0 bridgehead atoms. The van der Waals surface area contributed by atoms with Gasteiger partial charge < -0.3 is 30.9 Å². The van der Waals surface area contributed by atoms with E-state index in [-0.39, 0.29) is 37.5 Å². The van der Waals surface area contributed by atoms with E-state index in [1.807, 2.05) is 64.1 Å². The zero-order valence-corrected chi connectivity index (χ0v) is 31.3. The highest BCUT2D eigenvalue weighted by Crippen LogP contribution is 2.20. The van der Waals surface area contributed by atoms with Gasteiger partial charge >= 0.3 is 5.97 Å². The molecule has 0 fully saturated rings. The van der Waals surface area contributed by atoms with Crippen LogP contribution in [0.15, 0.2) is 91.0 Å². The van der Waals surface area contributed by atoms with Gasteiger partial charge in [-0.15, -0.1) is 0 Å². The molecule has 0 aliphatic heterocycles. The number of hydrogen-bond donors (Lipinski definition) is 4. The summed E-state index contributed by atoms with van der Waals surface area (Å²) >= 11 is 0. The zero-order chi connectivity index (χ0) is 38.9. The van der Waals surface area contributed by atoms with Gasteiger partial charge in [0.25, 0.3) is 11.8 Å². The monoisotopic (exact) mass is 730 g/mol. The normalized spacial score (nSPS) is 14.0. The number of para-hydroxylation sites is 1. The third-order valence-corrected chi connectivity index (χ3v) is 8.55. The van der Waals surface area contributed by atoms with Gasteiger partial charge in [0.1, 0.15) is 23.9 Å². The number of aliphatic hydroxyl groups excluding tert-OH is 1. The zero-order valence-electron chi connectivity index (χ0n) is 31.3. The van der Waals surface area contributed by atoms with E-state index in [1.165, 1.54) is 7.11 Å². The summed E-state index contributed by atoms with van der Waals surface area (Å²) in [5.74, 6) is -3.64. The summed E-state index contributed by atoms with van der Waals surface area (Å²) in [6.07, 6.45) is -1.45. The van der Waals surface area contributed by atoms with Gasteiger partial charge in [-0.3, -0.25) is 24.1 Å². The van der Waals surface area contributed by atoms with Crippen LogP contribution in [-0.4, -0.2) is 83.6 Å². The molecule has 12 heteroatoms. The van der Waals surface area contributed by atoms with E-state index < -0.39 is 72.9 Å². The van der Waals surface area contributed by atoms with Crippen LogP contribution in [0.2, 0.25) is 0 Å². The van der Waals surface area contributed by atoms with Gasteiger partial charge in [-0.25, -0.2) is 4.79 Å². The lowest BCUT2D eigenvalue weighted by Gasteiger charge is -2.35. The Morgan fingerprint density at radius 1 is 0.736 bits per heavy atom. The summed E-state index contributed by atoms with van der Waals surface area (Å²) in [5, 5.41) is 16.6. The van der Waals surface area contributed by atoms with Gasteiger partial charge in [0.15, 0.2) is 6.61 Å².